The topological polar surface area (TPSA) is 16.1 Å². The summed E-state index contributed by atoms with van der Waals surface area (Å²) in [5.74, 6) is 0.732. The fraction of sp³-hybridized carbons (Fsp3) is 0.583. The minimum Gasteiger partial charge on any atom is -0.300 e. The van der Waals surface area contributed by atoms with Crippen LogP contribution in [0.5, 0.6) is 0 Å². The highest BCUT2D eigenvalue weighted by molar-refractivity contribution is 14.1. The first-order chi connectivity index (χ1) is 7.25. The monoisotopic (exact) mass is 386 g/mol. The first-order valence-corrected chi connectivity index (χ1v) is 6.66. The first kappa shape index (κ1) is 15.5. The molecule has 0 spiro atoms. The van der Waals surface area contributed by atoms with E-state index in [1.165, 1.54) is 28.4 Å². The zero-order valence-corrected chi connectivity index (χ0v) is 13.5. The maximum atomic E-state index is 4.31. The smallest absolute Gasteiger partial charge is 0.0401 e. The van der Waals surface area contributed by atoms with Crippen molar-refractivity contribution < 1.29 is 0 Å². The summed E-state index contributed by atoms with van der Waals surface area (Å²) in [7, 11) is 2.28. The van der Waals surface area contributed by atoms with Crippen molar-refractivity contribution in [2.75, 3.05) is 7.05 Å². The van der Waals surface area contributed by atoms with Crippen LogP contribution in [0.2, 0.25) is 0 Å². The first-order valence-electron chi connectivity index (χ1n) is 5.58. The van der Waals surface area contributed by atoms with Crippen molar-refractivity contribution in [3.63, 3.8) is 0 Å². The van der Waals surface area contributed by atoms with E-state index in [2.05, 4.69) is 51.8 Å². The second-order valence-electron chi connectivity index (χ2n) is 4.74. The predicted octanol–water partition coefficient (Wildman–Crippen LogP) is 3.48. The molecule has 96 valence electrons. The summed E-state index contributed by atoms with van der Waals surface area (Å²) in [4.78, 5) is 6.89. The molecule has 0 amide bonds. The van der Waals surface area contributed by atoms with E-state index in [-0.39, 0.29) is 24.8 Å². The molecule has 1 aromatic rings. The molecule has 0 radical (unpaired) electrons. The standard InChI is InChI=1S/C12H15IN2.2ClH/c1-15-10-2-3-12(15)11(5-10)8-4-9(13)7-14-6-8;;/h4,6-7,10-12H,2-3,5H2,1H3;2*1H/t10-,11+,12+;;/m0../s1. The maximum Gasteiger partial charge on any atom is 0.0401 e. The Balaban J connectivity index is 0.000000722. The fourth-order valence-electron chi connectivity index (χ4n) is 3.25. The Hall–Kier alpha value is 0.420. The molecule has 0 aliphatic carbocycles. The Bertz CT molecular complexity index is 389. The third-order valence-corrected chi connectivity index (χ3v) is 4.63. The van der Waals surface area contributed by atoms with Crippen LogP contribution in [0, 0.1) is 3.57 Å². The summed E-state index contributed by atoms with van der Waals surface area (Å²) in [6.45, 7) is 0. The molecule has 2 fully saturated rings. The molecule has 2 nitrogen and oxygen atoms in total. The molecule has 3 atom stereocenters. The van der Waals surface area contributed by atoms with E-state index in [4.69, 9.17) is 0 Å². The van der Waals surface area contributed by atoms with Crippen molar-refractivity contribution >= 4 is 47.4 Å². The van der Waals surface area contributed by atoms with Crippen LogP contribution in [0.3, 0.4) is 0 Å². The van der Waals surface area contributed by atoms with Gasteiger partial charge < -0.3 is 0 Å². The van der Waals surface area contributed by atoms with E-state index < -0.39 is 0 Å². The van der Waals surface area contributed by atoms with Gasteiger partial charge in [-0.15, -0.1) is 24.8 Å². The quantitative estimate of drug-likeness (QED) is 0.687. The lowest BCUT2D eigenvalue weighted by Crippen LogP contribution is -2.25. The second-order valence-corrected chi connectivity index (χ2v) is 5.99. The molecular weight excluding hydrogens is 370 g/mol. The Labute approximate surface area is 129 Å². The molecule has 3 rings (SSSR count). The number of hydrogen-bond donors (Lipinski definition) is 0. The lowest BCUT2D eigenvalue weighted by Gasteiger charge is -2.21. The summed E-state index contributed by atoms with van der Waals surface area (Å²) >= 11 is 2.35. The summed E-state index contributed by atoms with van der Waals surface area (Å²) in [6.07, 6.45) is 8.09. The third kappa shape index (κ3) is 2.72. The van der Waals surface area contributed by atoms with Crippen LogP contribution in [0.4, 0.5) is 0 Å². The number of likely N-dealkylation sites (N-methyl/N-ethyl adjacent to an activating group) is 1. The molecule has 17 heavy (non-hydrogen) atoms. The highest BCUT2D eigenvalue weighted by atomic mass is 127. The van der Waals surface area contributed by atoms with Crippen molar-refractivity contribution in [3.05, 3.63) is 27.6 Å². The third-order valence-electron chi connectivity index (χ3n) is 4.04. The van der Waals surface area contributed by atoms with Crippen molar-refractivity contribution in [2.45, 2.75) is 37.3 Å². The largest absolute Gasteiger partial charge is 0.300 e. The van der Waals surface area contributed by atoms with E-state index in [9.17, 15) is 0 Å². The van der Waals surface area contributed by atoms with E-state index in [0.717, 1.165) is 18.0 Å². The van der Waals surface area contributed by atoms with Crippen molar-refractivity contribution in [1.82, 2.24) is 9.88 Å². The zero-order valence-electron chi connectivity index (χ0n) is 9.67. The number of nitrogens with zero attached hydrogens (tertiary/aromatic N) is 2. The second kappa shape index (κ2) is 6.04. The highest BCUT2D eigenvalue weighted by Gasteiger charge is 2.44. The molecule has 2 aliphatic rings. The Kier molecular flexibility index (Phi) is 5.50. The van der Waals surface area contributed by atoms with Gasteiger partial charge >= 0.3 is 0 Å². The minimum absolute atomic E-state index is 0. The minimum atomic E-state index is 0. The molecule has 2 aliphatic heterocycles. The van der Waals surface area contributed by atoms with Gasteiger partial charge in [0.05, 0.1) is 0 Å². The van der Waals surface area contributed by atoms with Gasteiger partial charge in [0, 0.05) is 34.0 Å². The molecule has 0 unspecified atom stereocenters. The number of halogens is 3. The number of pyridine rings is 1. The van der Waals surface area contributed by atoms with Crippen molar-refractivity contribution in [1.29, 1.82) is 0 Å². The van der Waals surface area contributed by atoms with Crippen LogP contribution < -0.4 is 0 Å². The Morgan fingerprint density at radius 2 is 2.06 bits per heavy atom. The van der Waals surface area contributed by atoms with Gasteiger partial charge in [0.2, 0.25) is 0 Å². The highest BCUT2D eigenvalue weighted by Crippen LogP contribution is 2.45. The molecule has 0 N–H and O–H groups in total. The summed E-state index contributed by atoms with van der Waals surface area (Å²) in [5.41, 5.74) is 1.45. The molecule has 0 saturated carbocycles. The summed E-state index contributed by atoms with van der Waals surface area (Å²) in [6, 6.07) is 3.90. The van der Waals surface area contributed by atoms with Gasteiger partial charge in [-0.05, 0) is 60.5 Å². The number of hydrogen-bond acceptors (Lipinski definition) is 2. The van der Waals surface area contributed by atoms with E-state index >= 15 is 0 Å². The van der Waals surface area contributed by atoms with Crippen LogP contribution in [0.25, 0.3) is 0 Å². The van der Waals surface area contributed by atoms with Gasteiger partial charge in [-0.25, -0.2) is 0 Å². The number of fused-ring (bicyclic) bond motifs is 2. The normalized spacial score (nSPS) is 30.8. The van der Waals surface area contributed by atoms with Gasteiger partial charge in [0.15, 0.2) is 0 Å². The Morgan fingerprint density at radius 1 is 1.29 bits per heavy atom. The number of rotatable bonds is 1. The molecule has 5 heteroatoms. The molecule has 3 heterocycles. The molecular formula is C12H17Cl2IN2. The van der Waals surface area contributed by atoms with Gasteiger partial charge in [-0.3, -0.25) is 9.88 Å². The zero-order chi connectivity index (χ0) is 10.4. The van der Waals surface area contributed by atoms with Crippen molar-refractivity contribution in [3.8, 4) is 0 Å². The van der Waals surface area contributed by atoms with Crippen LogP contribution >= 0.6 is 47.4 Å². The van der Waals surface area contributed by atoms with Gasteiger partial charge in [0.25, 0.3) is 0 Å². The molecule has 2 saturated heterocycles. The van der Waals surface area contributed by atoms with Gasteiger partial charge in [-0.1, -0.05) is 0 Å². The summed E-state index contributed by atoms with van der Waals surface area (Å²) in [5, 5.41) is 0. The lowest BCUT2D eigenvalue weighted by molar-refractivity contribution is 0.307. The SMILES string of the molecule is CN1[C@H]2CC[C@@H]1[C@@H](c1cncc(I)c1)C2.Cl.Cl. The van der Waals surface area contributed by atoms with E-state index in [1.54, 1.807) is 0 Å². The molecule has 1 aromatic heterocycles. The molecule has 0 aromatic carbocycles. The summed E-state index contributed by atoms with van der Waals surface area (Å²) < 4.78 is 1.26. The number of aromatic nitrogens is 1. The average molecular weight is 387 g/mol. The van der Waals surface area contributed by atoms with Crippen molar-refractivity contribution in [2.24, 2.45) is 0 Å². The fourth-order valence-corrected chi connectivity index (χ4v) is 3.77. The van der Waals surface area contributed by atoms with E-state index in [0.29, 0.717) is 0 Å². The van der Waals surface area contributed by atoms with Crippen LogP contribution in [0.15, 0.2) is 18.5 Å². The average Bonchev–Trinajstić information content (AvgIpc) is 2.74. The van der Waals surface area contributed by atoms with E-state index in [1.807, 2.05) is 6.20 Å². The Morgan fingerprint density at radius 3 is 2.59 bits per heavy atom. The lowest BCUT2D eigenvalue weighted by atomic mass is 9.85. The van der Waals surface area contributed by atoms with Crippen LogP contribution in [0.1, 0.15) is 30.7 Å². The van der Waals surface area contributed by atoms with Crippen LogP contribution in [-0.2, 0) is 0 Å². The van der Waals surface area contributed by atoms with Crippen LogP contribution in [-0.4, -0.2) is 29.0 Å². The van der Waals surface area contributed by atoms with Gasteiger partial charge in [0.1, 0.15) is 0 Å². The molecule has 2 bridgehead atoms. The maximum absolute atomic E-state index is 4.31. The van der Waals surface area contributed by atoms with Gasteiger partial charge in [-0.2, -0.15) is 0 Å². The predicted molar refractivity (Wildman–Crippen MR) is 83.4 cm³/mol.